The van der Waals surface area contributed by atoms with Crippen molar-refractivity contribution in [3.63, 3.8) is 0 Å². The molecule has 0 fully saturated rings. The second kappa shape index (κ2) is 6.63. The Hall–Kier alpha value is -3.01. The predicted molar refractivity (Wildman–Crippen MR) is 85.1 cm³/mol. The average molecular weight is 289 g/mol. The predicted octanol–water partition coefficient (Wildman–Crippen LogP) is 3.07. The number of amides is 1. The molecule has 1 amide bonds. The summed E-state index contributed by atoms with van der Waals surface area (Å²) in [4.78, 5) is 21.0. The largest absolute Gasteiger partial charge is 0.348 e. The molecule has 2 aromatic heterocycles. The SMILES string of the molecule is O=C(NCc1ccccc1)c1cccnc1-c1ccccn1. The Morgan fingerprint density at radius 1 is 0.864 bits per heavy atom. The zero-order valence-electron chi connectivity index (χ0n) is 11.9. The van der Waals surface area contributed by atoms with Crippen LogP contribution in [0.1, 0.15) is 15.9 Å². The van der Waals surface area contributed by atoms with E-state index >= 15 is 0 Å². The van der Waals surface area contributed by atoms with Crippen LogP contribution >= 0.6 is 0 Å². The molecule has 0 bridgehead atoms. The van der Waals surface area contributed by atoms with Gasteiger partial charge in [-0.3, -0.25) is 14.8 Å². The van der Waals surface area contributed by atoms with Gasteiger partial charge in [0.1, 0.15) is 5.69 Å². The topological polar surface area (TPSA) is 54.9 Å². The third-order valence-electron chi connectivity index (χ3n) is 3.26. The van der Waals surface area contributed by atoms with Crippen molar-refractivity contribution in [3.8, 4) is 11.4 Å². The molecule has 0 aliphatic carbocycles. The standard InChI is InChI=1S/C18H15N3O/c22-18(21-13-14-7-2-1-3-8-14)15-9-6-12-20-17(15)16-10-4-5-11-19-16/h1-12H,13H2,(H,21,22). The molecule has 0 radical (unpaired) electrons. The number of nitrogens with zero attached hydrogens (tertiary/aromatic N) is 2. The van der Waals surface area contributed by atoms with Gasteiger partial charge in [0.05, 0.1) is 11.3 Å². The normalized spacial score (nSPS) is 10.2. The van der Waals surface area contributed by atoms with Gasteiger partial charge in [0.15, 0.2) is 0 Å². The van der Waals surface area contributed by atoms with E-state index in [0.717, 1.165) is 5.56 Å². The van der Waals surface area contributed by atoms with Crippen molar-refractivity contribution in [1.82, 2.24) is 15.3 Å². The Morgan fingerprint density at radius 3 is 2.41 bits per heavy atom. The van der Waals surface area contributed by atoms with Gasteiger partial charge in [-0.15, -0.1) is 0 Å². The molecule has 2 heterocycles. The van der Waals surface area contributed by atoms with Crippen molar-refractivity contribution >= 4 is 5.91 Å². The lowest BCUT2D eigenvalue weighted by atomic mass is 10.1. The number of rotatable bonds is 4. The van der Waals surface area contributed by atoms with Gasteiger partial charge in [-0.25, -0.2) is 0 Å². The average Bonchev–Trinajstić information content (AvgIpc) is 2.61. The molecule has 0 spiro atoms. The maximum Gasteiger partial charge on any atom is 0.253 e. The maximum atomic E-state index is 12.4. The second-order valence-corrected chi connectivity index (χ2v) is 4.78. The van der Waals surface area contributed by atoms with Crippen LogP contribution in [-0.2, 0) is 6.54 Å². The van der Waals surface area contributed by atoms with Gasteiger partial charge in [-0.1, -0.05) is 36.4 Å². The molecule has 108 valence electrons. The molecular weight excluding hydrogens is 274 g/mol. The van der Waals surface area contributed by atoms with Crippen LogP contribution in [-0.4, -0.2) is 15.9 Å². The van der Waals surface area contributed by atoms with E-state index in [1.54, 1.807) is 24.5 Å². The Labute approximate surface area is 128 Å². The minimum absolute atomic E-state index is 0.155. The lowest BCUT2D eigenvalue weighted by Crippen LogP contribution is -2.23. The zero-order valence-corrected chi connectivity index (χ0v) is 11.9. The summed E-state index contributed by atoms with van der Waals surface area (Å²) in [6.45, 7) is 0.482. The molecule has 3 aromatic rings. The van der Waals surface area contributed by atoms with Crippen LogP contribution < -0.4 is 5.32 Å². The lowest BCUT2D eigenvalue weighted by Gasteiger charge is -2.09. The fourth-order valence-corrected chi connectivity index (χ4v) is 2.17. The molecule has 1 aromatic carbocycles. The van der Waals surface area contributed by atoms with E-state index in [1.165, 1.54) is 0 Å². The van der Waals surface area contributed by atoms with Crippen molar-refractivity contribution in [2.24, 2.45) is 0 Å². The van der Waals surface area contributed by atoms with Crippen LogP contribution in [0, 0.1) is 0 Å². The van der Waals surface area contributed by atoms with Crippen LogP contribution in [0.15, 0.2) is 73.1 Å². The first-order valence-corrected chi connectivity index (χ1v) is 7.03. The van der Waals surface area contributed by atoms with Gasteiger partial charge in [0.25, 0.3) is 5.91 Å². The third kappa shape index (κ3) is 3.17. The molecule has 0 saturated heterocycles. The molecule has 0 aliphatic rings. The fourth-order valence-electron chi connectivity index (χ4n) is 2.17. The summed E-state index contributed by atoms with van der Waals surface area (Å²) in [7, 11) is 0. The summed E-state index contributed by atoms with van der Waals surface area (Å²) in [5, 5.41) is 2.92. The number of nitrogens with one attached hydrogen (secondary N) is 1. The molecule has 4 heteroatoms. The number of hydrogen-bond acceptors (Lipinski definition) is 3. The van der Waals surface area contributed by atoms with Gasteiger partial charge in [-0.05, 0) is 29.8 Å². The van der Waals surface area contributed by atoms with Gasteiger partial charge in [0.2, 0.25) is 0 Å². The van der Waals surface area contributed by atoms with E-state index in [1.807, 2.05) is 48.5 Å². The number of carbonyl (C=O) groups excluding carboxylic acids is 1. The van der Waals surface area contributed by atoms with Crippen LogP contribution in [0.3, 0.4) is 0 Å². The number of benzene rings is 1. The van der Waals surface area contributed by atoms with E-state index < -0.39 is 0 Å². The molecular formula is C18H15N3O. The van der Waals surface area contributed by atoms with Crippen LogP contribution in [0.2, 0.25) is 0 Å². The van der Waals surface area contributed by atoms with Gasteiger partial charge in [0, 0.05) is 18.9 Å². The molecule has 22 heavy (non-hydrogen) atoms. The second-order valence-electron chi connectivity index (χ2n) is 4.78. The summed E-state index contributed by atoms with van der Waals surface area (Å²) in [5.41, 5.74) is 2.86. The summed E-state index contributed by atoms with van der Waals surface area (Å²) in [5.74, 6) is -0.155. The number of carbonyl (C=O) groups is 1. The zero-order chi connectivity index (χ0) is 15.2. The summed E-state index contributed by atoms with van der Waals surface area (Å²) in [6, 6.07) is 18.9. The monoisotopic (exact) mass is 289 g/mol. The molecule has 0 unspecified atom stereocenters. The van der Waals surface area contributed by atoms with Crippen LogP contribution in [0.4, 0.5) is 0 Å². The van der Waals surface area contributed by atoms with Gasteiger partial charge >= 0.3 is 0 Å². The maximum absolute atomic E-state index is 12.4. The van der Waals surface area contributed by atoms with Crippen LogP contribution in [0.5, 0.6) is 0 Å². The Kier molecular flexibility index (Phi) is 4.20. The number of hydrogen-bond donors (Lipinski definition) is 1. The van der Waals surface area contributed by atoms with Crippen molar-refractivity contribution in [1.29, 1.82) is 0 Å². The van der Waals surface area contributed by atoms with E-state index in [-0.39, 0.29) is 5.91 Å². The Morgan fingerprint density at radius 2 is 1.64 bits per heavy atom. The van der Waals surface area contributed by atoms with Crippen LogP contribution in [0.25, 0.3) is 11.4 Å². The van der Waals surface area contributed by atoms with E-state index in [2.05, 4.69) is 15.3 Å². The summed E-state index contributed by atoms with van der Waals surface area (Å²) in [6.07, 6.45) is 3.35. The minimum Gasteiger partial charge on any atom is -0.348 e. The minimum atomic E-state index is -0.155. The van der Waals surface area contributed by atoms with Crippen molar-refractivity contribution in [2.75, 3.05) is 0 Å². The van der Waals surface area contributed by atoms with Gasteiger partial charge in [-0.2, -0.15) is 0 Å². The highest BCUT2D eigenvalue weighted by molar-refractivity contribution is 5.99. The Bertz CT molecular complexity index is 758. The molecule has 0 atom stereocenters. The summed E-state index contributed by atoms with van der Waals surface area (Å²) < 4.78 is 0. The first-order valence-electron chi connectivity index (χ1n) is 7.03. The molecule has 0 saturated carbocycles. The smallest absolute Gasteiger partial charge is 0.253 e. The molecule has 1 N–H and O–H groups in total. The van der Waals surface area contributed by atoms with E-state index in [4.69, 9.17) is 0 Å². The number of pyridine rings is 2. The van der Waals surface area contributed by atoms with E-state index in [9.17, 15) is 4.79 Å². The lowest BCUT2D eigenvalue weighted by molar-refractivity contribution is 0.0951. The first kappa shape index (κ1) is 13.9. The molecule has 4 nitrogen and oxygen atoms in total. The van der Waals surface area contributed by atoms with Crippen molar-refractivity contribution in [2.45, 2.75) is 6.54 Å². The van der Waals surface area contributed by atoms with Crippen molar-refractivity contribution in [3.05, 3.63) is 84.2 Å². The highest BCUT2D eigenvalue weighted by Crippen LogP contribution is 2.18. The number of aromatic nitrogens is 2. The first-order chi connectivity index (χ1) is 10.8. The highest BCUT2D eigenvalue weighted by Gasteiger charge is 2.14. The molecule has 3 rings (SSSR count). The summed E-state index contributed by atoms with van der Waals surface area (Å²) >= 11 is 0. The Balaban J connectivity index is 1.81. The van der Waals surface area contributed by atoms with Gasteiger partial charge < -0.3 is 5.32 Å². The fraction of sp³-hybridized carbons (Fsp3) is 0.0556. The molecule has 0 aliphatic heterocycles. The quantitative estimate of drug-likeness (QED) is 0.803. The van der Waals surface area contributed by atoms with Crippen molar-refractivity contribution < 1.29 is 4.79 Å². The highest BCUT2D eigenvalue weighted by atomic mass is 16.1. The van der Waals surface area contributed by atoms with E-state index in [0.29, 0.717) is 23.5 Å². The third-order valence-corrected chi connectivity index (χ3v) is 3.26.